The Hall–Kier alpha value is -1.82. The number of hydrogen-bond acceptors (Lipinski definition) is 3. The highest BCUT2D eigenvalue weighted by Gasteiger charge is 2.28. The van der Waals surface area contributed by atoms with E-state index in [2.05, 4.69) is 27.8 Å². The monoisotopic (exact) mass is 341 g/mol. The second kappa shape index (κ2) is 7.69. The lowest BCUT2D eigenvalue weighted by atomic mass is 9.93. The number of ether oxygens (including phenoxy) is 1. The van der Waals surface area contributed by atoms with Gasteiger partial charge in [-0.1, -0.05) is 47.6 Å². The highest BCUT2D eigenvalue weighted by atomic mass is 79.9. The minimum atomic E-state index is -1.12. The largest absolute Gasteiger partial charge is 0.480 e. The zero-order chi connectivity index (χ0) is 15.1. The SMILES string of the molecule is C=CCOC(=O)NC(C(=O)O)C(C)c1cccc(Br)c1. The van der Waals surface area contributed by atoms with Crippen molar-refractivity contribution in [2.75, 3.05) is 6.61 Å². The molecule has 2 N–H and O–H groups in total. The molecule has 0 saturated heterocycles. The van der Waals surface area contributed by atoms with Crippen LogP contribution in [0, 0.1) is 0 Å². The predicted molar refractivity (Wildman–Crippen MR) is 78.7 cm³/mol. The van der Waals surface area contributed by atoms with Crippen molar-refractivity contribution in [3.05, 3.63) is 47.0 Å². The van der Waals surface area contributed by atoms with E-state index in [0.717, 1.165) is 10.0 Å². The van der Waals surface area contributed by atoms with Crippen LogP contribution in [0.3, 0.4) is 0 Å². The van der Waals surface area contributed by atoms with Gasteiger partial charge in [-0.25, -0.2) is 9.59 Å². The van der Waals surface area contributed by atoms with E-state index in [9.17, 15) is 14.7 Å². The van der Waals surface area contributed by atoms with Gasteiger partial charge in [-0.05, 0) is 17.7 Å². The van der Waals surface area contributed by atoms with Gasteiger partial charge in [-0.15, -0.1) is 0 Å². The lowest BCUT2D eigenvalue weighted by molar-refractivity contribution is -0.139. The van der Waals surface area contributed by atoms with Gasteiger partial charge in [0, 0.05) is 10.4 Å². The maximum absolute atomic E-state index is 11.5. The number of nitrogens with one attached hydrogen (secondary N) is 1. The summed E-state index contributed by atoms with van der Waals surface area (Å²) in [6.07, 6.45) is 0.631. The summed E-state index contributed by atoms with van der Waals surface area (Å²) in [5, 5.41) is 11.6. The van der Waals surface area contributed by atoms with Gasteiger partial charge in [0.1, 0.15) is 12.6 Å². The molecule has 1 rings (SSSR count). The van der Waals surface area contributed by atoms with Crippen LogP contribution >= 0.6 is 15.9 Å². The Labute approximate surface area is 125 Å². The Morgan fingerprint density at radius 2 is 2.25 bits per heavy atom. The number of aliphatic carboxylic acids is 1. The molecule has 1 aromatic rings. The number of hydrogen-bond donors (Lipinski definition) is 2. The maximum Gasteiger partial charge on any atom is 0.408 e. The molecule has 0 aliphatic heterocycles. The topological polar surface area (TPSA) is 75.6 Å². The Morgan fingerprint density at radius 3 is 2.80 bits per heavy atom. The lowest BCUT2D eigenvalue weighted by Crippen LogP contribution is -2.44. The first-order valence-electron chi connectivity index (χ1n) is 5.98. The zero-order valence-corrected chi connectivity index (χ0v) is 12.6. The number of carboxylic acid groups (broad SMARTS) is 1. The van der Waals surface area contributed by atoms with Crippen LogP contribution in [0.2, 0.25) is 0 Å². The summed E-state index contributed by atoms with van der Waals surface area (Å²) < 4.78 is 5.59. The molecule has 0 fully saturated rings. The normalized spacial score (nSPS) is 13.1. The second-order valence-electron chi connectivity index (χ2n) is 4.19. The highest BCUT2D eigenvalue weighted by molar-refractivity contribution is 9.10. The average molecular weight is 342 g/mol. The van der Waals surface area contributed by atoms with Gasteiger partial charge in [0.2, 0.25) is 0 Å². The summed E-state index contributed by atoms with van der Waals surface area (Å²) in [7, 11) is 0. The van der Waals surface area contributed by atoms with Gasteiger partial charge < -0.3 is 15.2 Å². The Kier molecular flexibility index (Phi) is 6.24. The van der Waals surface area contributed by atoms with Crippen LogP contribution in [0.5, 0.6) is 0 Å². The number of rotatable bonds is 6. The molecule has 0 heterocycles. The van der Waals surface area contributed by atoms with E-state index in [1.807, 2.05) is 24.3 Å². The van der Waals surface area contributed by atoms with Gasteiger partial charge in [0.25, 0.3) is 0 Å². The second-order valence-corrected chi connectivity index (χ2v) is 5.11. The van der Waals surface area contributed by atoms with Gasteiger partial charge in [0.05, 0.1) is 0 Å². The third kappa shape index (κ3) is 4.70. The number of alkyl carbamates (subject to hydrolysis) is 1. The fraction of sp³-hybridized carbons (Fsp3) is 0.286. The van der Waals surface area contributed by atoms with Crippen LogP contribution < -0.4 is 5.32 Å². The van der Waals surface area contributed by atoms with Gasteiger partial charge in [-0.3, -0.25) is 0 Å². The van der Waals surface area contributed by atoms with Crippen LogP contribution in [0.25, 0.3) is 0 Å². The number of carbonyl (C=O) groups excluding carboxylic acids is 1. The van der Waals surface area contributed by atoms with E-state index in [1.165, 1.54) is 6.08 Å². The number of benzene rings is 1. The molecule has 0 spiro atoms. The van der Waals surface area contributed by atoms with E-state index >= 15 is 0 Å². The van der Waals surface area contributed by atoms with Crippen molar-refractivity contribution < 1.29 is 19.4 Å². The Morgan fingerprint density at radius 1 is 1.55 bits per heavy atom. The standard InChI is InChI=1S/C14H16BrNO4/c1-3-7-20-14(19)16-12(13(17)18)9(2)10-5-4-6-11(15)8-10/h3-6,8-9,12H,1,7H2,2H3,(H,16,19)(H,17,18). The molecule has 1 aromatic carbocycles. The van der Waals surface area contributed by atoms with Crippen LogP contribution in [0.1, 0.15) is 18.4 Å². The first-order valence-corrected chi connectivity index (χ1v) is 6.77. The minimum absolute atomic E-state index is 0.0312. The van der Waals surface area contributed by atoms with Crippen molar-refractivity contribution in [1.82, 2.24) is 5.32 Å². The number of carboxylic acids is 1. The molecule has 20 heavy (non-hydrogen) atoms. The third-order valence-corrected chi connectivity index (χ3v) is 3.24. The van der Waals surface area contributed by atoms with E-state index in [4.69, 9.17) is 4.74 Å². The molecule has 0 aliphatic carbocycles. The van der Waals surface area contributed by atoms with Gasteiger partial charge >= 0.3 is 12.1 Å². The Balaban J connectivity index is 2.82. The molecule has 0 aliphatic rings. The molecule has 2 unspecified atom stereocenters. The fourth-order valence-electron chi connectivity index (χ4n) is 1.69. The third-order valence-electron chi connectivity index (χ3n) is 2.75. The van der Waals surface area contributed by atoms with Gasteiger partial charge in [-0.2, -0.15) is 0 Å². The van der Waals surface area contributed by atoms with Crippen molar-refractivity contribution in [3.63, 3.8) is 0 Å². The first-order chi connectivity index (χ1) is 9.45. The molecule has 108 valence electrons. The fourth-order valence-corrected chi connectivity index (χ4v) is 2.10. The first kappa shape index (κ1) is 16.2. The summed E-state index contributed by atoms with van der Waals surface area (Å²) in [5.74, 6) is -1.52. The van der Waals surface area contributed by atoms with Crippen LogP contribution in [-0.2, 0) is 9.53 Å². The summed E-state index contributed by atoms with van der Waals surface area (Å²) in [6.45, 7) is 5.17. The molecule has 0 saturated carbocycles. The molecular formula is C14H16BrNO4. The summed E-state index contributed by atoms with van der Waals surface area (Å²) >= 11 is 3.33. The van der Waals surface area contributed by atoms with Crippen molar-refractivity contribution >= 4 is 28.0 Å². The predicted octanol–water partition coefficient (Wildman–Crippen LogP) is 2.92. The van der Waals surface area contributed by atoms with Crippen molar-refractivity contribution in [2.24, 2.45) is 0 Å². The molecule has 0 bridgehead atoms. The number of amides is 1. The lowest BCUT2D eigenvalue weighted by Gasteiger charge is -2.21. The number of carbonyl (C=O) groups is 2. The maximum atomic E-state index is 11.5. The van der Waals surface area contributed by atoms with E-state index in [0.29, 0.717) is 0 Å². The summed E-state index contributed by atoms with van der Waals surface area (Å²) in [6, 6.07) is 6.21. The smallest absolute Gasteiger partial charge is 0.408 e. The van der Waals surface area contributed by atoms with Crippen LogP contribution in [-0.4, -0.2) is 29.8 Å². The minimum Gasteiger partial charge on any atom is -0.480 e. The molecule has 0 radical (unpaired) electrons. The summed E-state index contributed by atoms with van der Waals surface area (Å²) in [4.78, 5) is 22.8. The molecular weight excluding hydrogens is 326 g/mol. The number of halogens is 1. The van der Waals surface area contributed by atoms with Crippen molar-refractivity contribution in [1.29, 1.82) is 0 Å². The van der Waals surface area contributed by atoms with Crippen LogP contribution in [0.15, 0.2) is 41.4 Å². The van der Waals surface area contributed by atoms with Crippen LogP contribution in [0.4, 0.5) is 4.79 Å². The van der Waals surface area contributed by atoms with Crippen molar-refractivity contribution in [2.45, 2.75) is 18.9 Å². The average Bonchev–Trinajstić information content (AvgIpc) is 2.41. The molecule has 2 atom stereocenters. The molecule has 0 aromatic heterocycles. The quantitative estimate of drug-likeness (QED) is 0.780. The van der Waals surface area contributed by atoms with E-state index < -0.39 is 24.0 Å². The zero-order valence-electron chi connectivity index (χ0n) is 11.0. The van der Waals surface area contributed by atoms with E-state index in [1.54, 1.807) is 6.92 Å². The molecule has 1 amide bonds. The highest BCUT2D eigenvalue weighted by Crippen LogP contribution is 2.23. The molecule has 6 heteroatoms. The Bertz CT molecular complexity index is 504. The van der Waals surface area contributed by atoms with Gasteiger partial charge in [0.15, 0.2) is 0 Å². The van der Waals surface area contributed by atoms with Crippen molar-refractivity contribution in [3.8, 4) is 0 Å². The summed E-state index contributed by atoms with van der Waals surface area (Å²) in [5.41, 5.74) is 0.802. The molecule has 5 nitrogen and oxygen atoms in total. The van der Waals surface area contributed by atoms with E-state index in [-0.39, 0.29) is 6.61 Å².